The lowest BCUT2D eigenvalue weighted by Crippen LogP contribution is -2.17. The molecule has 9 heteroatoms. The van der Waals surface area contributed by atoms with E-state index in [1.165, 1.54) is 18.7 Å². The molecule has 0 aliphatic carbocycles. The topological polar surface area (TPSA) is 100 Å². The summed E-state index contributed by atoms with van der Waals surface area (Å²) in [5.41, 5.74) is 0.621. The highest BCUT2D eigenvalue weighted by Crippen LogP contribution is 2.31. The Bertz CT molecular complexity index is 726. The van der Waals surface area contributed by atoms with Gasteiger partial charge in [-0.05, 0) is 18.2 Å². The van der Waals surface area contributed by atoms with E-state index in [1.54, 1.807) is 18.2 Å². The van der Waals surface area contributed by atoms with Crippen molar-refractivity contribution in [1.29, 1.82) is 0 Å². The molecule has 0 aliphatic rings. The van der Waals surface area contributed by atoms with Crippen molar-refractivity contribution in [3.63, 3.8) is 0 Å². The molecular formula is C10H11BrN4O3S. The molecule has 0 saturated heterocycles. The number of primary sulfonamides is 1. The Morgan fingerprint density at radius 2 is 2.05 bits per heavy atom. The van der Waals surface area contributed by atoms with E-state index < -0.39 is 10.0 Å². The van der Waals surface area contributed by atoms with Crippen LogP contribution in [0.2, 0.25) is 0 Å². The Hall–Kier alpha value is -1.45. The summed E-state index contributed by atoms with van der Waals surface area (Å²) in [6.07, 6.45) is 0. The smallest absolute Gasteiger partial charge is 0.273 e. The first-order chi connectivity index (χ1) is 8.84. The van der Waals surface area contributed by atoms with Crippen molar-refractivity contribution in [2.45, 2.75) is 5.16 Å². The summed E-state index contributed by atoms with van der Waals surface area (Å²) in [6, 6.07) is 5.30. The lowest BCUT2D eigenvalue weighted by atomic mass is 10.2. The second-order valence-electron chi connectivity index (χ2n) is 3.75. The first-order valence-corrected chi connectivity index (χ1v) is 7.44. The molecule has 1 aromatic heterocycles. The molecule has 0 saturated carbocycles. The molecule has 2 N–H and O–H groups in total. The minimum absolute atomic E-state index is 0.299. The summed E-state index contributed by atoms with van der Waals surface area (Å²) in [5.74, 6) is 0.902. The summed E-state index contributed by atoms with van der Waals surface area (Å²) in [7, 11) is -0.869. The number of sulfonamides is 1. The van der Waals surface area contributed by atoms with Crippen LogP contribution in [0.3, 0.4) is 0 Å². The van der Waals surface area contributed by atoms with Gasteiger partial charge < -0.3 is 4.74 Å². The van der Waals surface area contributed by atoms with Gasteiger partial charge in [0.15, 0.2) is 5.82 Å². The molecule has 0 bridgehead atoms. The number of hydrogen-bond acceptors (Lipinski definition) is 5. The number of hydrogen-bond donors (Lipinski definition) is 1. The monoisotopic (exact) mass is 346 g/mol. The number of nitrogens with two attached hydrogens (primary N) is 1. The average molecular weight is 347 g/mol. The third-order valence-electron chi connectivity index (χ3n) is 2.49. The molecule has 0 amide bonds. The third-order valence-corrected chi connectivity index (χ3v) is 3.85. The quantitative estimate of drug-likeness (QED) is 0.889. The van der Waals surface area contributed by atoms with E-state index >= 15 is 0 Å². The van der Waals surface area contributed by atoms with E-state index in [4.69, 9.17) is 9.88 Å². The predicted molar refractivity (Wildman–Crippen MR) is 72.1 cm³/mol. The average Bonchev–Trinajstić information content (AvgIpc) is 2.70. The molecule has 0 radical (unpaired) electrons. The minimum Gasteiger partial charge on any atom is -0.496 e. The van der Waals surface area contributed by atoms with Crippen LogP contribution in [0.5, 0.6) is 5.75 Å². The van der Waals surface area contributed by atoms with Gasteiger partial charge in [0.1, 0.15) is 5.75 Å². The van der Waals surface area contributed by atoms with Gasteiger partial charge in [-0.15, -0.1) is 10.2 Å². The highest BCUT2D eigenvalue weighted by Gasteiger charge is 2.21. The van der Waals surface area contributed by atoms with Crippen LogP contribution in [0.1, 0.15) is 0 Å². The van der Waals surface area contributed by atoms with Gasteiger partial charge in [0.2, 0.25) is 0 Å². The fourth-order valence-electron chi connectivity index (χ4n) is 1.65. The van der Waals surface area contributed by atoms with Crippen LogP contribution < -0.4 is 9.88 Å². The Kier molecular flexibility index (Phi) is 3.61. The molecule has 0 aliphatic heterocycles. The van der Waals surface area contributed by atoms with Gasteiger partial charge in [-0.3, -0.25) is 4.57 Å². The Morgan fingerprint density at radius 1 is 1.37 bits per heavy atom. The summed E-state index contributed by atoms with van der Waals surface area (Å²) >= 11 is 3.33. The molecule has 1 aromatic carbocycles. The minimum atomic E-state index is -3.91. The molecule has 0 fully saturated rings. The number of aromatic nitrogens is 3. The zero-order valence-electron chi connectivity index (χ0n) is 10.2. The molecular weight excluding hydrogens is 336 g/mol. The van der Waals surface area contributed by atoms with Crippen LogP contribution >= 0.6 is 15.9 Å². The lowest BCUT2D eigenvalue weighted by Gasteiger charge is -2.08. The second-order valence-corrected chi connectivity index (χ2v) is 6.13. The van der Waals surface area contributed by atoms with Crippen molar-refractivity contribution >= 4 is 26.0 Å². The lowest BCUT2D eigenvalue weighted by molar-refractivity contribution is 0.415. The number of nitrogens with zero attached hydrogens (tertiary/aromatic N) is 3. The maximum absolute atomic E-state index is 11.3. The van der Waals surface area contributed by atoms with Crippen molar-refractivity contribution in [3.8, 4) is 17.1 Å². The molecule has 0 spiro atoms. The molecule has 102 valence electrons. The number of ether oxygens (including phenoxy) is 1. The summed E-state index contributed by atoms with van der Waals surface area (Å²) in [6.45, 7) is 0. The van der Waals surface area contributed by atoms with Gasteiger partial charge >= 0.3 is 0 Å². The largest absolute Gasteiger partial charge is 0.496 e. The van der Waals surface area contributed by atoms with E-state index in [2.05, 4.69) is 26.1 Å². The first kappa shape index (κ1) is 14.0. The number of benzene rings is 1. The molecule has 7 nitrogen and oxygen atoms in total. The highest BCUT2D eigenvalue weighted by molar-refractivity contribution is 9.10. The van der Waals surface area contributed by atoms with E-state index in [0.717, 1.165) is 4.47 Å². The zero-order valence-corrected chi connectivity index (χ0v) is 12.6. The molecule has 0 atom stereocenters. The molecule has 2 rings (SSSR count). The molecule has 2 aromatic rings. The SMILES string of the molecule is COc1cc(Br)ccc1-c1nnc(S(N)(=O)=O)n1C. The standard InChI is InChI=1S/C10H11BrN4O3S/c1-15-9(13-14-10(15)19(12,16)17)7-4-3-6(11)5-8(7)18-2/h3-5H,1-2H3,(H2,12,16,17). The number of methoxy groups -OCH3 is 1. The third kappa shape index (κ3) is 2.62. The van der Waals surface area contributed by atoms with E-state index in [1.807, 2.05) is 0 Å². The van der Waals surface area contributed by atoms with E-state index in [-0.39, 0.29) is 5.16 Å². The Labute approximate surface area is 118 Å². The van der Waals surface area contributed by atoms with Gasteiger partial charge in [-0.1, -0.05) is 15.9 Å². The van der Waals surface area contributed by atoms with Crippen LogP contribution in [0, 0.1) is 0 Å². The van der Waals surface area contributed by atoms with Crippen molar-refractivity contribution in [1.82, 2.24) is 14.8 Å². The van der Waals surface area contributed by atoms with Gasteiger partial charge in [-0.2, -0.15) is 0 Å². The predicted octanol–water partition coefficient (Wildman–Crippen LogP) is 0.901. The maximum Gasteiger partial charge on any atom is 0.273 e. The summed E-state index contributed by atoms with van der Waals surface area (Å²) in [5, 5.41) is 12.2. The fourth-order valence-corrected chi connectivity index (χ4v) is 2.61. The normalized spacial score (nSPS) is 11.6. The van der Waals surface area contributed by atoms with Crippen LogP contribution in [0.25, 0.3) is 11.4 Å². The first-order valence-electron chi connectivity index (χ1n) is 5.10. The van der Waals surface area contributed by atoms with Gasteiger partial charge in [-0.25, -0.2) is 13.6 Å². The van der Waals surface area contributed by atoms with E-state index in [9.17, 15) is 8.42 Å². The fraction of sp³-hybridized carbons (Fsp3) is 0.200. The Morgan fingerprint density at radius 3 is 2.58 bits per heavy atom. The number of halogens is 1. The molecule has 0 unspecified atom stereocenters. The summed E-state index contributed by atoms with van der Waals surface area (Å²) < 4.78 is 30.0. The molecule has 1 heterocycles. The van der Waals surface area contributed by atoms with Crippen molar-refractivity contribution in [2.24, 2.45) is 12.2 Å². The van der Waals surface area contributed by atoms with Crippen LogP contribution in [-0.4, -0.2) is 30.3 Å². The van der Waals surface area contributed by atoms with Gasteiger partial charge in [0.25, 0.3) is 15.2 Å². The van der Waals surface area contributed by atoms with Crippen molar-refractivity contribution in [2.75, 3.05) is 7.11 Å². The summed E-state index contributed by atoms with van der Waals surface area (Å²) in [4.78, 5) is 0. The van der Waals surface area contributed by atoms with Gasteiger partial charge in [0, 0.05) is 11.5 Å². The zero-order chi connectivity index (χ0) is 14.2. The van der Waals surface area contributed by atoms with Crippen molar-refractivity contribution in [3.05, 3.63) is 22.7 Å². The van der Waals surface area contributed by atoms with Crippen LogP contribution in [0.15, 0.2) is 27.8 Å². The van der Waals surface area contributed by atoms with Crippen LogP contribution in [-0.2, 0) is 17.1 Å². The maximum atomic E-state index is 11.3. The van der Waals surface area contributed by atoms with Gasteiger partial charge in [0.05, 0.1) is 12.7 Å². The van der Waals surface area contributed by atoms with Crippen LogP contribution in [0.4, 0.5) is 0 Å². The number of rotatable bonds is 3. The highest BCUT2D eigenvalue weighted by atomic mass is 79.9. The van der Waals surface area contributed by atoms with Crippen molar-refractivity contribution < 1.29 is 13.2 Å². The Balaban J connectivity index is 2.64. The second kappa shape index (κ2) is 4.91. The van der Waals surface area contributed by atoms with E-state index in [0.29, 0.717) is 17.1 Å². The molecule has 19 heavy (non-hydrogen) atoms.